The number of imide groups is 1. The molecule has 0 spiro atoms. The lowest BCUT2D eigenvalue weighted by molar-refractivity contribution is -0.122. The quantitative estimate of drug-likeness (QED) is 0.157. The molecule has 2 amide bonds. The standard InChI is InChI=1S/C37H27ClN2O4/c1-20-10-9-15-27(21(20)2)40-36(42)30-28-17-16-25-26(38)18-24-19-29(22-11-5-3-6-12-22)44-35(24)32(25)39(28)33(31(30)37(40)43)34(41)23-13-7-4-8-14-23/h3-19,28,30-31,33H,1-2H3. The minimum absolute atomic E-state index is 0.226. The van der Waals surface area contributed by atoms with Crippen molar-refractivity contribution in [3.8, 4) is 11.3 Å². The fourth-order valence-electron chi connectivity index (χ4n) is 7.22. The molecule has 4 unspecified atom stereocenters. The molecule has 216 valence electrons. The Morgan fingerprint density at radius 2 is 1.55 bits per heavy atom. The van der Waals surface area contributed by atoms with Crippen LogP contribution in [0, 0.1) is 25.7 Å². The average molecular weight is 599 g/mol. The van der Waals surface area contributed by atoms with Gasteiger partial charge in [-0.05, 0) is 43.2 Å². The maximum atomic E-state index is 14.5. The average Bonchev–Trinajstić information content (AvgIpc) is 3.70. The fourth-order valence-corrected chi connectivity index (χ4v) is 7.49. The van der Waals surface area contributed by atoms with Gasteiger partial charge in [-0.2, -0.15) is 0 Å². The number of carbonyl (C=O) groups excluding carboxylic acids is 3. The first-order valence-electron chi connectivity index (χ1n) is 14.7. The molecule has 4 aromatic carbocycles. The molecule has 4 atom stereocenters. The lowest BCUT2D eigenvalue weighted by atomic mass is 9.86. The number of halogens is 1. The van der Waals surface area contributed by atoms with Gasteiger partial charge in [0.2, 0.25) is 11.8 Å². The van der Waals surface area contributed by atoms with E-state index in [9.17, 15) is 14.4 Å². The molecule has 0 radical (unpaired) electrons. The van der Waals surface area contributed by atoms with Gasteiger partial charge < -0.3 is 9.32 Å². The largest absolute Gasteiger partial charge is 0.454 e. The van der Waals surface area contributed by atoms with Crippen molar-refractivity contribution in [2.24, 2.45) is 11.8 Å². The van der Waals surface area contributed by atoms with E-state index in [0.717, 1.165) is 22.1 Å². The molecule has 3 aliphatic heterocycles. The Kier molecular flexibility index (Phi) is 5.94. The van der Waals surface area contributed by atoms with Crippen LogP contribution >= 0.6 is 11.6 Å². The molecule has 0 N–H and O–H groups in total. The molecule has 1 aromatic heterocycles. The second-order valence-electron chi connectivity index (χ2n) is 11.7. The predicted octanol–water partition coefficient (Wildman–Crippen LogP) is 7.64. The zero-order valence-corrected chi connectivity index (χ0v) is 24.8. The van der Waals surface area contributed by atoms with Crippen LogP contribution in [0.25, 0.3) is 28.4 Å². The van der Waals surface area contributed by atoms with Crippen molar-refractivity contribution in [3.05, 3.63) is 124 Å². The number of nitrogens with zero attached hydrogens (tertiary/aromatic N) is 2. The molecular formula is C37H27ClN2O4. The first-order chi connectivity index (χ1) is 21.3. The van der Waals surface area contributed by atoms with E-state index in [0.29, 0.717) is 38.9 Å². The van der Waals surface area contributed by atoms with Gasteiger partial charge in [-0.25, -0.2) is 4.90 Å². The number of furan rings is 1. The van der Waals surface area contributed by atoms with Gasteiger partial charge in [-0.3, -0.25) is 14.4 Å². The summed E-state index contributed by atoms with van der Waals surface area (Å²) < 4.78 is 6.52. The number of hydrogen-bond donors (Lipinski definition) is 0. The van der Waals surface area contributed by atoms with E-state index in [2.05, 4.69) is 0 Å². The summed E-state index contributed by atoms with van der Waals surface area (Å²) in [6.07, 6.45) is 3.81. The minimum Gasteiger partial charge on any atom is -0.454 e. The molecule has 5 aromatic rings. The van der Waals surface area contributed by atoms with Crippen molar-refractivity contribution in [3.63, 3.8) is 0 Å². The smallest absolute Gasteiger partial charge is 0.240 e. The van der Waals surface area contributed by atoms with Gasteiger partial charge >= 0.3 is 0 Å². The van der Waals surface area contributed by atoms with Crippen LogP contribution in [0.1, 0.15) is 27.0 Å². The second kappa shape index (κ2) is 9.79. The van der Waals surface area contributed by atoms with Crippen LogP contribution in [-0.4, -0.2) is 29.7 Å². The number of fused-ring (bicyclic) bond motifs is 7. The number of amides is 2. The predicted molar refractivity (Wildman–Crippen MR) is 172 cm³/mol. The van der Waals surface area contributed by atoms with E-state index >= 15 is 0 Å². The number of carbonyl (C=O) groups is 3. The van der Waals surface area contributed by atoms with E-state index in [1.807, 2.05) is 91.6 Å². The van der Waals surface area contributed by atoms with Crippen LogP contribution in [0.4, 0.5) is 11.4 Å². The van der Waals surface area contributed by atoms with E-state index in [-0.39, 0.29) is 17.6 Å². The minimum atomic E-state index is -0.949. The zero-order valence-electron chi connectivity index (χ0n) is 24.0. The first kappa shape index (κ1) is 26.7. The zero-order chi connectivity index (χ0) is 30.3. The van der Waals surface area contributed by atoms with E-state index in [1.54, 1.807) is 30.3 Å². The number of ketones is 1. The van der Waals surface area contributed by atoms with E-state index in [1.165, 1.54) is 4.90 Å². The van der Waals surface area contributed by atoms with Crippen LogP contribution in [0.2, 0.25) is 5.02 Å². The highest BCUT2D eigenvalue weighted by Gasteiger charge is 2.64. The molecule has 2 saturated heterocycles. The molecule has 2 fully saturated rings. The number of Topliss-reactive ketones (excluding diaryl/α,β-unsaturated/α-hetero) is 1. The van der Waals surface area contributed by atoms with Crippen LogP contribution in [0.15, 0.2) is 101 Å². The van der Waals surface area contributed by atoms with Crippen LogP contribution in [0.5, 0.6) is 0 Å². The SMILES string of the molecule is Cc1cccc(N2C(=O)C3C(C2=O)C(C(=O)c2ccccc2)N2c4c(c(Cl)cc5cc(-c6ccccc6)oc45)C=CC32)c1C. The fraction of sp³-hybridized carbons (Fsp3) is 0.162. The normalized spacial score (nSPS) is 22.0. The maximum Gasteiger partial charge on any atom is 0.240 e. The van der Waals surface area contributed by atoms with Crippen molar-refractivity contribution < 1.29 is 18.8 Å². The molecule has 0 aliphatic carbocycles. The molecule has 44 heavy (non-hydrogen) atoms. The van der Waals surface area contributed by atoms with E-state index < -0.39 is 23.9 Å². The third-order valence-corrected chi connectivity index (χ3v) is 9.73. The van der Waals surface area contributed by atoms with Crippen molar-refractivity contribution in [2.75, 3.05) is 9.80 Å². The summed E-state index contributed by atoms with van der Waals surface area (Å²) in [7, 11) is 0. The van der Waals surface area contributed by atoms with Gasteiger partial charge in [0.1, 0.15) is 11.8 Å². The molecular weight excluding hydrogens is 572 g/mol. The Hall–Kier alpha value is -4.94. The Morgan fingerprint density at radius 3 is 2.30 bits per heavy atom. The number of anilines is 2. The Bertz CT molecular complexity index is 2050. The summed E-state index contributed by atoms with van der Waals surface area (Å²) in [5, 5.41) is 1.28. The van der Waals surface area contributed by atoms with Gasteiger partial charge in [-0.1, -0.05) is 96.5 Å². The van der Waals surface area contributed by atoms with Gasteiger partial charge in [-0.15, -0.1) is 0 Å². The van der Waals surface area contributed by atoms with Crippen molar-refractivity contribution >= 4 is 57.6 Å². The third-order valence-electron chi connectivity index (χ3n) is 9.42. The number of aryl methyl sites for hydroxylation is 1. The number of rotatable bonds is 4. The lowest BCUT2D eigenvalue weighted by Crippen LogP contribution is -2.49. The summed E-state index contributed by atoms with van der Waals surface area (Å²) in [4.78, 5) is 46.5. The summed E-state index contributed by atoms with van der Waals surface area (Å²) in [6, 6.07) is 26.6. The summed E-state index contributed by atoms with van der Waals surface area (Å²) in [6.45, 7) is 3.87. The van der Waals surface area contributed by atoms with Crippen LogP contribution in [0.3, 0.4) is 0 Å². The Balaban J connectivity index is 1.34. The Labute approximate surface area is 259 Å². The number of benzene rings is 4. The monoisotopic (exact) mass is 598 g/mol. The molecule has 4 heterocycles. The number of hydrogen-bond acceptors (Lipinski definition) is 5. The van der Waals surface area contributed by atoms with Crippen molar-refractivity contribution in [2.45, 2.75) is 25.9 Å². The van der Waals surface area contributed by atoms with Gasteiger partial charge in [0, 0.05) is 22.1 Å². The van der Waals surface area contributed by atoms with Gasteiger partial charge in [0.15, 0.2) is 11.4 Å². The van der Waals surface area contributed by atoms with Crippen LogP contribution in [-0.2, 0) is 9.59 Å². The molecule has 0 saturated carbocycles. The molecule has 8 rings (SSSR count). The molecule has 3 aliphatic rings. The molecule has 7 heteroatoms. The summed E-state index contributed by atoms with van der Waals surface area (Å²) in [5.41, 5.74) is 5.67. The molecule has 6 nitrogen and oxygen atoms in total. The van der Waals surface area contributed by atoms with Crippen molar-refractivity contribution in [1.29, 1.82) is 0 Å². The van der Waals surface area contributed by atoms with E-state index in [4.69, 9.17) is 16.0 Å². The Morgan fingerprint density at radius 1 is 0.841 bits per heavy atom. The van der Waals surface area contributed by atoms with Gasteiger partial charge in [0.25, 0.3) is 0 Å². The summed E-state index contributed by atoms with van der Waals surface area (Å²) >= 11 is 6.88. The highest BCUT2D eigenvalue weighted by molar-refractivity contribution is 6.34. The highest BCUT2D eigenvalue weighted by atomic mass is 35.5. The van der Waals surface area contributed by atoms with Crippen LogP contribution < -0.4 is 9.80 Å². The van der Waals surface area contributed by atoms with Crippen molar-refractivity contribution in [1.82, 2.24) is 0 Å². The third kappa shape index (κ3) is 3.70. The maximum absolute atomic E-state index is 14.5. The lowest BCUT2D eigenvalue weighted by Gasteiger charge is -2.37. The second-order valence-corrected chi connectivity index (χ2v) is 12.1. The first-order valence-corrected chi connectivity index (χ1v) is 15.0. The topological polar surface area (TPSA) is 70.8 Å². The molecule has 0 bridgehead atoms. The highest BCUT2D eigenvalue weighted by Crippen LogP contribution is 2.53. The van der Waals surface area contributed by atoms with Gasteiger partial charge in [0.05, 0.1) is 34.3 Å². The summed E-state index contributed by atoms with van der Waals surface area (Å²) in [5.74, 6) is -1.89.